The van der Waals surface area contributed by atoms with Crippen molar-refractivity contribution in [1.82, 2.24) is 10.6 Å². The Morgan fingerprint density at radius 3 is 2.12 bits per heavy atom. The van der Waals surface area contributed by atoms with Crippen molar-refractivity contribution in [3.8, 4) is 11.1 Å². The summed E-state index contributed by atoms with van der Waals surface area (Å²) in [4.78, 5) is 5.30. The number of anilines is 1. The number of para-hydroxylation sites is 1. The molecule has 0 radical (unpaired) electrons. The van der Waals surface area contributed by atoms with Crippen LogP contribution < -0.4 is 16.0 Å². The van der Waals surface area contributed by atoms with Crippen LogP contribution in [0.25, 0.3) is 38.7 Å². The Bertz CT molecular complexity index is 2030. The van der Waals surface area contributed by atoms with Crippen LogP contribution in [0.4, 0.5) is 5.69 Å². The van der Waals surface area contributed by atoms with Gasteiger partial charge in [-0.1, -0.05) is 140 Å². The predicted molar refractivity (Wildman–Crippen MR) is 180 cm³/mol. The SMILES string of the molecule is CC1C=Cc2cccc(-c3ccc(C4NC(c5cccc6ccccc56)=NC(c5cccc6ccccc56)N4)cc3)c2N1. The topological polar surface area (TPSA) is 48.5 Å². The maximum Gasteiger partial charge on any atom is 0.132 e. The third-order valence-electron chi connectivity index (χ3n) is 8.61. The van der Waals surface area contributed by atoms with Gasteiger partial charge in [-0.2, -0.15) is 0 Å². The minimum atomic E-state index is -0.218. The van der Waals surface area contributed by atoms with E-state index in [9.17, 15) is 0 Å². The molecule has 2 aliphatic rings. The summed E-state index contributed by atoms with van der Waals surface area (Å²) >= 11 is 0. The standard InChI is InChI=1S/C39H32N4/c1-25-19-20-29-13-8-16-33(36(29)40-25)28-21-23-30(24-22-28)37-41-38(34-17-6-11-26-9-2-4-14-31(26)34)43-39(42-37)35-18-7-12-27-10-3-5-15-32(27)35/h2-25,37-38,40-41H,1H3,(H,42,43). The van der Waals surface area contributed by atoms with Crippen LogP contribution in [0.2, 0.25) is 0 Å². The van der Waals surface area contributed by atoms with Crippen molar-refractivity contribution in [2.75, 3.05) is 5.32 Å². The Morgan fingerprint density at radius 1 is 0.605 bits per heavy atom. The smallest absolute Gasteiger partial charge is 0.132 e. The number of amidine groups is 1. The van der Waals surface area contributed by atoms with Crippen molar-refractivity contribution in [3.05, 3.63) is 156 Å². The van der Waals surface area contributed by atoms with Gasteiger partial charge in [-0.15, -0.1) is 0 Å². The van der Waals surface area contributed by atoms with Gasteiger partial charge in [0, 0.05) is 22.9 Å². The molecule has 4 heteroatoms. The molecular weight excluding hydrogens is 524 g/mol. The summed E-state index contributed by atoms with van der Waals surface area (Å²) in [5.41, 5.74) is 8.27. The molecule has 0 aromatic heterocycles. The van der Waals surface area contributed by atoms with E-state index >= 15 is 0 Å². The first kappa shape index (κ1) is 25.5. The third-order valence-corrected chi connectivity index (χ3v) is 8.61. The highest BCUT2D eigenvalue weighted by atomic mass is 15.3. The van der Waals surface area contributed by atoms with Gasteiger partial charge in [-0.05, 0) is 50.7 Å². The number of aliphatic imine (C=N–C) groups is 1. The van der Waals surface area contributed by atoms with Gasteiger partial charge in [0.15, 0.2) is 0 Å². The van der Waals surface area contributed by atoms with Crippen LogP contribution in [0.5, 0.6) is 0 Å². The lowest BCUT2D eigenvalue weighted by molar-refractivity contribution is 0.411. The number of hydrogen-bond donors (Lipinski definition) is 3. The molecular formula is C39H32N4. The van der Waals surface area contributed by atoms with E-state index in [2.05, 4.69) is 162 Å². The molecule has 3 atom stereocenters. The summed E-state index contributed by atoms with van der Waals surface area (Å²) in [6.07, 6.45) is 4.07. The van der Waals surface area contributed by atoms with Crippen molar-refractivity contribution in [3.63, 3.8) is 0 Å². The van der Waals surface area contributed by atoms with E-state index in [0.29, 0.717) is 6.04 Å². The summed E-state index contributed by atoms with van der Waals surface area (Å²) in [6.45, 7) is 2.18. The van der Waals surface area contributed by atoms with E-state index in [-0.39, 0.29) is 12.3 Å². The van der Waals surface area contributed by atoms with Crippen LogP contribution in [-0.4, -0.2) is 11.9 Å². The normalized spacial score (nSPS) is 19.4. The van der Waals surface area contributed by atoms with E-state index in [1.807, 2.05) is 0 Å². The van der Waals surface area contributed by atoms with E-state index < -0.39 is 0 Å². The molecule has 0 fully saturated rings. The monoisotopic (exact) mass is 556 g/mol. The summed E-state index contributed by atoms with van der Waals surface area (Å²) < 4.78 is 0. The van der Waals surface area contributed by atoms with Crippen LogP contribution in [-0.2, 0) is 0 Å². The zero-order valence-corrected chi connectivity index (χ0v) is 24.0. The van der Waals surface area contributed by atoms with Crippen molar-refractivity contribution < 1.29 is 0 Å². The summed E-state index contributed by atoms with van der Waals surface area (Å²) in [5.74, 6) is 0.893. The van der Waals surface area contributed by atoms with Gasteiger partial charge in [0.25, 0.3) is 0 Å². The summed E-state index contributed by atoms with van der Waals surface area (Å²) in [7, 11) is 0. The molecule has 208 valence electrons. The molecule has 0 aliphatic carbocycles. The van der Waals surface area contributed by atoms with Gasteiger partial charge >= 0.3 is 0 Å². The van der Waals surface area contributed by atoms with E-state index in [4.69, 9.17) is 4.99 Å². The number of rotatable bonds is 4. The Hall–Kier alpha value is -5.19. The van der Waals surface area contributed by atoms with Gasteiger partial charge < -0.3 is 10.6 Å². The fraction of sp³-hybridized carbons (Fsp3) is 0.103. The highest BCUT2D eigenvalue weighted by molar-refractivity contribution is 6.10. The predicted octanol–water partition coefficient (Wildman–Crippen LogP) is 8.82. The lowest BCUT2D eigenvalue weighted by Crippen LogP contribution is -2.45. The van der Waals surface area contributed by atoms with Crippen molar-refractivity contribution in [2.45, 2.75) is 25.3 Å². The first-order valence-electron chi connectivity index (χ1n) is 15.0. The Kier molecular flexibility index (Phi) is 6.27. The van der Waals surface area contributed by atoms with Gasteiger partial charge in [-0.25, -0.2) is 4.99 Å². The van der Waals surface area contributed by atoms with Gasteiger partial charge in [0.2, 0.25) is 0 Å². The molecule has 3 N–H and O–H groups in total. The number of nitrogens with one attached hydrogen (secondary N) is 3. The third kappa shape index (κ3) is 4.66. The average molecular weight is 557 g/mol. The van der Waals surface area contributed by atoms with Crippen LogP contribution in [0.3, 0.4) is 0 Å². The number of benzene rings is 6. The van der Waals surface area contributed by atoms with Crippen LogP contribution in [0, 0.1) is 0 Å². The zero-order valence-electron chi connectivity index (χ0n) is 24.0. The van der Waals surface area contributed by atoms with Crippen molar-refractivity contribution in [1.29, 1.82) is 0 Å². The Morgan fingerprint density at radius 2 is 1.28 bits per heavy atom. The van der Waals surface area contributed by atoms with Gasteiger partial charge in [0.1, 0.15) is 18.2 Å². The Labute approximate surface area is 251 Å². The zero-order chi connectivity index (χ0) is 28.8. The van der Waals surface area contributed by atoms with Gasteiger partial charge in [0.05, 0.1) is 0 Å². The fourth-order valence-corrected chi connectivity index (χ4v) is 6.44. The van der Waals surface area contributed by atoms with E-state index in [1.165, 1.54) is 49.5 Å². The van der Waals surface area contributed by atoms with Crippen LogP contribution >= 0.6 is 0 Å². The van der Waals surface area contributed by atoms with Crippen molar-refractivity contribution in [2.24, 2.45) is 4.99 Å². The molecule has 0 bridgehead atoms. The molecule has 6 aromatic carbocycles. The second-order valence-electron chi connectivity index (χ2n) is 11.4. The van der Waals surface area contributed by atoms with Crippen LogP contribution in [0.15, 0.2) is 138 Å². The Balaban J connectivity index is 1.20. The summed E-state index contributed by atoms with van der Waals surface area (Å²) in [6, 6.07) is 45.7. The fourth-order valence-electron chi connectivity index (χ4n) is 6.44. The molecule has 2 aliphatic heterocycles. The first-order valence-corrected chi connectivity index (χ1v) is 15.0. The lowest BCUT2D eigenvalue weighted by atomic mass is 9.95. The molecule has 4 nitrogen and oxygen atoms in total. The van der Waals surface area contributed by atoms with Gasteiger partial charge in [-0.3, -0.25) is 5.32 Å². The van der Waals surface area contributed by atoms with E-state index in [0.717, 1.165) is 17.0 Å². The molecule has 0 saturated carbocycles. The minimum absolute atomic E-state index is 0.129. The maximum atomic E-state index is 5.30. The molecule has 2 heterocycles. The molecule has 43 heavy (non-hydrogen) atoms. The molecule has 3 unspecified atom stereocenters. The second kappa shape index (κ2) is 10.6. The summed E-state index contributed by atoms with van der Waals surface area (Å²) in [5, 5.41) is 16.1. The number of fused-ring (bicyclic) bond motifs is 3. The van der Waals surface area contributed by atoms with Crippen LogP contribution in [0.1, 0.15) is 41.5 Å². The number of hydrogen-bond acceptors (Lipinski definition) is 4. The molecule has 6 aromatic rings. The number of nitrogens with zero attached hydrogens (tertiary/aromatic N) is 1. The van der Waals surface area contributed by atoms with E-state index in [1.54, 1.807) is 0 Å². The molecule has 0 spiro atoms. The highest BCUT2D eigenvalue weighted by Gasteiger charge is 2.27. The highest BCUT2D eigenvalue weighted by Crippen LogP contribution is 2.36. The quantitative estimate of drug-likeness (QED) is 0.203. The lowest BCUT2D eigenvalue weighted by Gasteiger charge is -2.33. The molecule has 0 saturated heterocycles. The van der Waals surface area contributed by atoms with Crippen molar-refractivity contribution >= 4 is 39.1 Å². The minimum Gasteiger partial charge on any atom is -0.378 e. The second-order valence-corrected chi connectivity index (χ2v) is 11.4. The molecule has 0 amide bonds. The maximum absolute atomic E-state index is 5.30. The molecule has 8 rings (SSSR count). The first-order chi connectivity index (χ1) is 21.2. The largest absolute Gasteiger partial charge is 0.378 e. The average Bonchev–Trinajstić information content (AvgIpc) is 3.07.